The van der Waals surface area contributed by atoms with Crippen LogP contribution in [0.1, 0.15) is 31.0 Å². The molecule has 1 saturated heterocycles. The molecule has 2 unspecified atom stereocenters. The minimum absolute atomic E-state index is 0.272. The molecule has 1 aromatic carbocycles. The summed E-state index contributed by atoms with van der Waals surface area (Å²) in [4.78, 5) is 4.84. The second-order valence-corrected chi connectivity index (χ2v) is 5.59. The van der Waals surface area contributed by atoms with Gasteiger partial charge in [0.05, 0.1) is 0 Å². The summed E-state index contributed by atoms with van der Waals surface area (Å²) in [6, 6.07) is 6.79. The van der Waals surface area contributed by atoms with Crippen molar-refractivity contribution in [2.75, 3.05) is 26.7 Å². The van der Waals surface area contributed by atoms with Crippen LogP contribution >= 0.6 is 0 Å². The molecule has 1 fully saturated rings. The van der Waals surface area contributed by atoms with E-state index < -0.39 is 0 Å². The van der Waals surface area contributed by atoms with Crippen molar-refractivity contribution in [3.8, 4) is 5.75 Å². The summed E-state index contributed by atoms with van der Waals surface area (Å²) in [6.45, 7) is 9.71. The predicted molar refractivity (Wildman–Crippen MR) is 74.9 cm³/mol. The maximum Gasteiger partial charge on any atom is 0.120 e. The number of piperazine rings is 1. The van der Waals surface area contributed by atoms with Crippen LogP contribution in [0.15, 0.2) is 18.2 Å². The Hall–Kier alpha value is -1.06. The van der Waals surface area contributed by atoms with Crippen molar-refractivity contribution in [1.29, 1.82) is 0 Å². The van der Waals surface area contributed by atoms with Gasteiger partial charge in [-0.2, -0.15) is 0 Å². The number of phenols is 1. The van der Waals surface area contributed by atoms with Gasteiger partial charge >= 0.3 is 0 Å². The minimum atomic E-state index is 0.272. The molecule has 1 aliphatic heterocycles. The fraction of sp³-hybridized carbons (Fsp3) is 0.600. The molecule has 0 aliphatic carbocycles. The topological polar surface area (TPSA) is 26.7 Å². The van der Waals surface area contributed by atoms with Gasteiger partial charge < -0.3 is 10.0 Å². The smallest absolute Gasteiger partial charge is 0.120 e. The fourth-order valence-corrected chi connectivity index (χ4v) is 2.91. The normalized spacial score (nSPS) is 24.1. The number of aromatic hydroxyl groups is 1. The first-order chi connectivity index (χ1) is 8.49. The molecule has 3 heteroatoms. The number of hydrogen-bond donors (Lipinski definition) is 1. The lowest BCUT2D eigenvalue weighted by Crippen LogP contribution is -2.51. The number of aryl methyl sites for hydroxylation is 1. The summed E-state index contributed by atoms with van der Waals surface area (Å²) >= 11 is 0. The lowest BCUT2D eigenvalue weighted by molar-refractivity contribution is 0.0665. The van der Waals surface area contributed by atoms with E-state index in [1.165, 1.54) is 0 Å². The van der Waals surface area contributed by atoms with E-state index in [1.54, 1.807) is 0 Å². The number of hydrogen-bond acceptors (Lipinski definition) is 3. The average molecular weight is 248 g/mol. The lowest BCUT2D eigenvalue weighted by atomic mass is 10.0. The summed E-state index contributed by atoms with van der Waals surface area (Å²) in [7, 11) is 2.17. The van der Waals surface area contributed by atoms with Crippen LogP contribution < -0.4 is 0 Å². The van der Waals surface area contributed by atoms with Gasteiger partial charge in [0, 0.05) is 37.3 Å². The Morgan fingerprint density at radius 3 is 2.67 bits per heavy atom. The van der Waals surface area contributed by atoms with Crippen LogP contribution in [0.3, 0.4) is 0 Å². The highest BCUT2D eigenvalue weighted by Gasteiger charge is 2.27. The van der Waals surface area contributed by atoms with Crippen LogP contribution in [0.25, 0.3) is 0 Å². The molecule has 18 heavy (non-hydrogen) atoms. The summed E-state index contributed by atoms with van der Waals surface area (Å²) in [5.74, 6) is 0.425. The van der Waals surface area contributed by atoms with Gasteiger partial charge in [0.15, 0.2) is 0 Å². The Morgan fingerprint density at radius 2 is 2.06 bits per heavy atom. The molecule has 1 aliphatic rings. The van der Waals surface area contributed by atoms with Gasteiger partial charge in [0.1, 0.15) is 5.75 Å². The second kappa shape index (κ2) is 5.29. The first kappa shape index (κ1) is 13.4. The van der Waals surface area contributed by atoms with Gasteiger partial charge in [-0.25, -0.2) is 0 Å². The first-order valence-corrected chi connectivity index (χ1v) is 6.73. The van der Waals surface area contributed by atoms with Gasteiger partial charge in [-0.3, -0.25) is 4.90 Å². The fourth-order valence-electron chi connectivity index (χ4n) is 2.91. The SMILES string of the molecule is Cc1ccc(C(C)N2CCN(C)CC2C)c(O)c1. The number of phenolic OH excluding ortho intramolecular Hbond substituents is 1. The van der Waals surface area contributed by atoms with E-state index in [-0.39, 0.29) is 6.04 Å². The molecule has 0 spiro atoms. The Balaban J connectivity index is 2.17. The number of nitrogens with zero attached hydrogens (tertiary/aromatic N) is 2. The van der Waals surface area contributed by atoms with E-state index in [1.807, 2.05) is 13.0 Å². The molecule has 0 bridgehead atoms. The maximum atomic E-state index is 10.1. The van der Waals surface area contributed by atoms with Crippen LogP contribution in [0.2, 0.25) is 0 Å². The average Bonchev–Trinajstić information content (AvgIpc) is 2.28. The van der Waals surface area contributed by atoms with Crippen molar-refractivity contribution < 1.29 is 5.11 Å². The van der Waals surface area contributed by atoms with Crippen molar-refractivity contribution in [3.05, 3.63) is 29.3 Å². The van der Waals surface area contributed by atoms with E-state index in [0.29, 0.717) is 11.8 Å². The zero-order valence-electron chi connectivity index (χ0n) is 11.8. The number of benzene rings is 1. The van der Waals surface area contributed by atoms with E-state index in [2.05, 4.69) is 42.8 Å². The zero-order chi connectivity index (χ0) is 13.3. The van der Waals surface area contributed by atoms with Gasteiger partial charge in [-0.1, -0.05) is 12.1 Å². The van der Waals surface area contributed by atoms with Crippen molar-refractivity contribution in [3.63, 3.8) is 0 Å². The Bertz CT molecular complexity index is 419. The van der Waals surface area contributed by atoms with Gasteiger partial charge in [-0.15, -0.1) is 0 Å². The molecule has 1 heterocycles. The molecule has 100 valence electrons. The molecule has 1 aromatic rings. The van der Waals surface area contributed by atoms with Gasteiger partial charge in [-0.05, 0) is 39.4 Å². The van der Waals surface area contributed by atoms with Gasteiger partial charge in [0.25, 0.3) is 0 Å². The molecule has 1 N–H and O–H groups in total. The van der Waals surface area contributed by atoms with Crippen LogP contribution in [0, 0.1) is 6.92 Å². The minimum Gasteiger partial charge on any atom is -0.508 e. The number of likely N-dealkylation sites (N-methyl/N-ethyl adjacent to an activating group) is 1. The molecule has 2 rings (SSSR count). The third-order valence-electron chi connectivity index (χ3n) is 4.02. The molecule has 0 amide bonds. The molecule has 0 aromatic heterocycles. The standard InChI is InChI=1S/C15H24N2O/c1-11-5-6-14(15(18)9-11)13(3)17-8-7-16(4)10-12(17)2/h5-6,9,12-13,18H,7-8,10H2,1-4H3. The number of rotatable bonds is 2. The summed E-state index contributed by atoms with van der Waals surface area (Å²) < 4.78 is 0. The third-order valence-corrected chi connectivity index (χ3v) is 4.02. The van der Waals surface area contributed by atoms with E-state index in [4.69, 9.17) is 0 Å². The Morgan fingerprint density at radius 1 is 1.33 bits per heavy atom. The van der Waals surface area contributed by atoms with Crippen LogP contribution in [-0.4, -0.2) is 47.6 Å². The molecule has 0 radical (unpaired) electrons. The highest BCUT2D eigenvalue weighted by atomic mass is 16.3. The van der Waals surface area contributed by atoms with Crippen molar-refractivity contribution >= 4 is 0 Å². The van der Waals surface area contributed by atoms with E-state index in [9.17, 15) is 5.11 Å². The summed E-state index contributed by atoms with van der Waals surface area (Å²) in [6.07, 6.45) is 0. The van der Waals surface area contributed by atoms with Crippen LogP contribution in [0.5, 0.6) is 5.75 Å². The van der Waals surface area contributed by atoms with Crippen molar-refractivity contribution in [2.45, 2.75) is 32.9 Å². The highest BCUT2D eigenvalue weighted by molar-refractivity contribution is 5.38. The quantitative estimate of drug-likeness (QED) is 0.870. The summed E-state index contributed by atoms with van der Waals surface area (Å²) in [5, 5.41) is 10.1. The van der Waals surface area contributed by atoms with Crippen molar-refractivity contribution in [2.24, 2.45) is 0 Å². The second-order valence-electron chi connectivity index (χ2n) is 5.59. The van der Waals surface area contributed by atoms with Crippen LogP contribution in [-0.2, 0) is 0 Å². The Labute approximate surface area is 110 Å². The zero-order valence-corrected chi connectivity index (χ0v) is 11.8. The highest BCUT2D eigenvalue weighted by Crippen LogP contribution is 2.31. The summed E-state index contributed by atoms with van der Waals surface area (Å²) in [5.41, 5.74) is 2.15. The maximum absolute atomic E-state index is 10.1. The van der Waals surface area contributed by atoms with E-state index in [0.717, 1.165) is 30.8 Å². The molecule has 2 atom stereocenters. The van der Waals surface area contributed by atoms with Gasteiger partial charge in [0.2, 0.25) is 0 Å². The third kappa shape index (κ3) is 2.68. The van der Waals surface area contributed by atoms with Crippen LogP contribution in [0.4, 0.5) is 0 Å². The first-order valence-electron chi connectivity index (χ1n) is 6.73. The molecular weight excluding hydrogens is 224 g/mol. The monoisotopic (exact) mass is 248 g/mol. The molecule has 0 saturated carbocycles. The lowest BCUT2D eigenvalue weighted by Gasteiger charge is -2.42. The van der Waals surface area contributed by atoms with Crippen molar-refractivity contribution in [1.82, 2.24) is 9.80 Å². The molecule has 3 nitrogen and oxygen atoms in total. The molecular formula is C15H24N2O. The van der Waals surface area contributed by atoms with E-state index >= 15 is 0 Å². The Kier molecular flexibility index (Phi) is 3.93. The predicted octanol–water partition coefficient (Wildman–Crippen LogP) is 2.40. The largest absolute Gasteiger partial charge is 0.508 e.